The van der Waals surface area contributed by atoms with Crippen molar-refractivity contribution in [1.29, 1.82) is 0 Å². The van der Waals surface area contributed by atoms with Gasteiger partial charge in [0.15, 0.2) is 11.5 Å². The van der Waals surface area contributed by atoms with E-state index in [-0.39, 0.29) is 12.7 Å². The molecule has 154 valence electrons. The van der Waals surface area contributed by atoms with Gasteiger partial charge in [-0.15, -0.1) is 0 Å². The third-order valence-corrected chi connectivity index (χ3v) is 5.80. The van der Waals surface area contributed by atoms with Crippen molar-refractivity contribution in [1.82, 2.24) is 9.80 Å². The van der Waals surface area contributed by atoms with Crippen molar-refractivity contribution in [2.45, 2.75) is 6.54 Å². The Morgan fingerprint density at radius 1 is 0.933 bits per heavy atom. The van der Waals surface area contributed by atoms with Gasteiger partial charge in [-0.3, -0.25) is 9.69 Å². The summed E-state index contributed by atoms with van der Waals surface area (Å²) in [5.74, 6) is 2.27. The Balaban J connectivity index is 1.26. The van der Waals surface area contributed by atoms with E-state index in [1.807, 2.05) is 53.4 Å². The number of amides is 1. The van der Waals surface area contributed by atoms with Gasteiger partial charge in [-0.25, -0.2) is 0 Å². The van der Waals surface area contributed by atoms with Crippen LogP contribution in [0, 0.1) is 0 Å². The van der Waals surface area contributed by atoms with Crippen LogP contribution in [0.4, 0.5) is 0 Å². The third-order valence-electron chi connectivity index (χ3n) is 5.80. The zero-order valence-corrected chi connectivity index (χ0v) is 17.0. The molecule has 3 aromatic rings. The fourth-order valence-corrected chi connectivity index (χ4v) is 4.13. The van der Waals surface area contributed by atoms with Gasteiger partial charge in [-0.1, -0.05) is 30.3 Å². The highest BCUT2D eigenvalue weighted by atomic mass is 16.7. The second-order valence-electron chi connectivity index (χ2n) is 7.66. The van der Waals surface area contributed by atoms with Crippen molar-refractivity contribution in [2.75, 3.05) is 40.1 Å². The molecule has 0 spiro atoms. The maximum atomic E-state index is 13.2. The Morgan fingerprint density at radius 2 is 1.67 bits per heavy atom. The van der Waals surface area contributed by atoms with E-state index in [1.54, 1.807) is 7.11 Å². The molecule has 0 unspecified atom stereocenters. The summed E-state index contributed by atoms with van der Waals surface area (Å²) < 4.78 is 16.4. The number of methoxy groups -OCH3 is 1. The summed E-state index contributed by atoms with van der Waals surface area (Å²) in [7, 11) is 1.62. The van der Waals surface area contributed by atoms with E-state index in [2.05, 4.69) is 11.0 Å². The number of piperazine rings is 1. The van der Waals surface area contributed by atoms with E-state index < -0.39 is 0 Å². The molecule has 6 heteroatoms. The normalized spacial score (nSPS) is 16.1. The summed E-state index contributed by atoms with van der Waals surface area (Å²) in [6, 6.07) is 18.0. The van der Waals surface area contributed by atoms with Gasteiger partial charge in [-0.2, -0.15) is 0 Å². The number of hydrogen-bond donors (Lipinski definition) is 0. The van der Waals surface area contributed by atoms with E-state index in [4.69, 9.17) is 14.2 Å². The smallest absolute Gasteiger partial charge is 0.257 e. The van der Waals surface area contributed by atoms with Crippen molar-refractivity contribution in [2.24, 2.45) is 0 Å². The molecule has 0 radical (unpaired) electrons. The molecule has 2 heterocycles. The number of benzene rings is 3. The Bertz CT molecular complexity index is 1090. The molecule has 0 saturated carbocycles. The molecule has 1 amide bonds. The quantitative estimate of drug-likeness (QED) is 0.666. The minimum atomic E-state index is 0.0281. The minimum absolute atomic E-state index is 0.0281. The molecule has 5 rings (SSSR count). The molecule has 0 aliphatic carbocycles. The lowest BCUT2D eigenvalue weighted by atomic mass is 10.0. The molecule has 6 nitrogen and oxygen atoms in total. The molecule has 0 atom stereocenters. The lowest BCUT2D eigenvalue weighted by Gasteiger charge is -2.35. The lowest BCUT2D eigenvalue weighted by molar-refractivity contribution is 0.0625. The number of nitrogens with zero attached hydrogens (tertiary/aromatic N) is 2. The molecular formula is C24H24N2O4. The van der Waals surface area contributed by atoms with Crippen LogP contribution in [-0.2, 0) is 6.54 Å². The van der Waals surface area contributed by atoms with Crippen LogP contribution in [0.3, 0.4) is 0 Å². The molecule has 2 aliphatic rings. The van der Waals surface area contributed by atoms with E-state index in [1.165, 1.54) is 5.56 Å². The zero-order chi connectivity index (χ0) is 20.5. The average molecular weight is 404 g/mol. The first-order valence-corrected chi connectivity index (χ1v) is 10.2. The number of hydrogen-bond acceptors (Lipinski definition) is 5. The molecule has 2 aliphatic heterocycles. The van der Waals surface area contributed by atoms with Crippen LogP contribution in [0.15, 0.2) is 54.6 Å². The van der Waals surface area contributed by atoms with Crippen LogP contribution >= 0.6 is 0 Å². The van der Waals surface area contributed by atoms with Crippen LogP contribution in [0.5, 0.6) is 17.2 Å². The molecule has 0 N–H and O–H groups in total. The van der Waals surface area contributed by atoms with Gasteiger partial charge in [0, 0.05) is 32.7 Å². The Kier molecular flexibility index (Phi) is 4.93. The molecular weight excluding hydrogens is 380 g/mol. The average Bonchev–Trinajstić information content (AvgIpc) is 3.26. The first-order valence-electron chi connectivity index (χ1n) is 10.2. The fourth-order valence-electron chi connectivity index (χ4n) is 4.13. The van der Waals surface area contributed by atoms with Crippen molar-refractivity contribution in [3.63, 3.8) is 0 Å². The third kappa shape index (κ3) is 3.55. The molecule has 30 heavy (non-hydrogen) atoms. The zero-order valence-electron chi connectivity index (χ0n) is 17.0. The summed E-state index contributed by atoms with van der Waals surface area (Å²) >= 11 is 0. The molecule has 0 aromatic heterocycles. The highest BCUT2D eigenvalue weighted by molar-refractivity contribution is 6.01. The van der Waals surface area contributed by atoms with Crippen molar-refractivity contribution >= 4 is 16.7 Å². The van der Waals surface area contributed by atoms with Crippen LogP contribution in [0.2, 0.25) is 0 Å². The van der Waals surface area contributed by atoms with Crippen LogP contribution < -0.4 is 14.2 Å². The Labute approximate surface area is 175 Å². The van der Waals surface area contributed by atoms with Gasteiger partial charge in [0.05, 0.1) is 12.7 Å². The van der Waals surface area contributed by atoms with E-state index >= 15 is 0 Å². The topological polar surface area (TPSA) is 51.2 Å². The number of fused-ring (bicyclic) bond motifs is 2. The predicted molar refractivity (Wildman–Crippen MR) is 114 cm³/mol. The van der Waals surface area contributed by atoms with E-state index in [0.717, 1.165) is 41.9 Å². The number of carbonyl (C=O) groups is 1. The maximum absolute atomic E-state index is 13.2. The second-order valence-corrected chi connectivity index (χ2v) is 7.66. The van der Waals surface area contributed by atoms with Crippen LogP contribution in [0.1, 0.15) is 15.9 Å². The standard InChI is InChI=1S/C24H24N2O4/c1-28-22-14-19-5-3-2-4-18(19)13-20(22)24(27)26-10-8-25(9-11-26)15-17-6-7-21-23(12-17)30-16-29-21/h2-7,12-14H,8-11,15-16H2,1H3. The molecule has 3 aromatic carbocycles. The second kappa shape index (κ2) is 7.88. The first kappa shape index (κ1) is 18.8. The monoisotopic (exact) mass is 404 g/mol. The molecule has 0 bridgehead atoms. The highest BCUT2D eigenvalue weighted by Crippen LogP contribution is 2.33. The Hall–Kier alpha value is -3.25. The largest absolute Gasteiger partial charge is 0.496 e. The minimum Gasteiger partial charge on any atom is -0.496 e. The number of rotatable bonds is 4. The summed E-state index contributed by atoms with van der Waals surface area (Å²) in [5, 5.41) is 2.11. The Morgan fingerprint density at radius 3 is 2.43 bits per heavy atom. The van der Waals surface area contributed by atoms with Gasteiger partial charge in [0.2, 0.25) is 6.79 Å². The van der Waals surface area contributed by atoms with Gasteiger partial charge >= 0.3 is 0 Å². The fraction of sp³-hybridized carbons (Fsp3) is 0.292. The summed E-state index contributed by atoms with van der Waals surface area (Å²) in [6.07, 6.45) is 0. The van der Waals surface area contributed by atoms with Gasteiger partial charge in [0.25, 0.3) is 5.91 Å². The summed E-state index contributed by atoms with van der Waals surface area (Å²) in [6.45, 7) is 4.17. The highest BCUT2D eigenvalue weighted by Gasteiger charge is 2.25. The van der Waals surface area contributed by atoms with E-state index in [9.17, 15) is 4.79 Å². The van der Waals surface area contributed by atoms with Crippen molar-refractivity contribution < 1.29 is 19.0 Å². The lowest BCUT2D eigenvalue weighted by Crippen LogP contribution is -2.48. The summed E-state index contributed by atoms with van der Waals surface area (Å²) in [5.41, 5.74) is 1.82. The van der Waals surface area contributed by atoms with Gasteiger partial charge < -0.3 is 19.1 Å². The number of ether oxygens (including phenoxy) is 3. The summed E-state index contributed by atoms with van der Waals surface area (Å²) in [4.78, 5) is 17.5. The predicted octanol–water partition coefficient (Wildman–Crippen LogP) is 3.54. The van der Waals surface area contributed by atoms with Crippen LogP contribution in [0.25, 0.3) is 10.8 Å². The molecule has 1 saturated heterocycles. The van der Waals surface area contributed by atoms with Gasteiger partial charge in [-0.05, 0) is 40.6 Å². The maximum Gasteiger partial charge on any atom is 0.257 e. The molecule has 1 fully saturated rings. The first-order chi connectivity index (χ1) is 14.7. The van der Waals surface area contributed by atoms with E-state index in [0.29, 0.717) is 24.4 Å². The van der Waals surface area contributed by atoms with Crippen LogP contribution in [-0.4, -0.2) is 55.8 Å². The van der Waals surface area contributed by atoms with Crippen molar-refractivity contribution in [3.05, 3.63) is 65.7 Å². The van der Waals surface area contributed by atoms with Crippen molar-refractivity contribution in [3.8, 4) is 17.2 Å². The van der Waals surface area contributed by atoms with Gasteiger partial charge in [0.1, 0.15) is 5.75 Å². The SMILES string of the molecule is COc1cc2ccccc2cc1C(=O)N1CCN(Cc2ccc3c(c2)OCO3)CC1. The number of carbonyl (C=O) groups excluding carboxylic acids is 1.